The van der Waals surface area contributed by atoms with Crippen LogP contribution in [-0.4, -0.2) is 27.9 Å². The minimum Gasteiger partial charge on any atom is -0.481 e. The normalized spacial score (nSPS) is 22.7. The van der Waals surface area contributed by atoms with Gasteiger partial charge in [0.25, 0.3) is 0 Å². The lowest BCUT2D eigenvalue weighted by Crippen LogP contribution is -2.48. The number of benzene rings is 1. The van der Waals surface area contributed by atoms with E-state index in [4.69, 9.17) is 11.6 Å². The van der Waals surface area contributed by atoms with E-state index in [0.29, 0.717) is 11.4 Å². The van der Waals surface area contributed by atoms with E-state index >= 15 is 0 Å². The zero-order valence-electron chi connectivity index (χ0n) is 12.5. The minimum absolute atomic E-state index is 0.00389. The van der Waals surface area contributed by atoms with Gasteiger partial charge in [0.15, 0.2) is 0 Å². The number of halogens is 1. The zero-order chi connectivity index (χ0) is 15.7. The average molecular weight is 310 g/mol. The first-order chi connectivity index (χ1) is 9.82. The average Bonchev–Trinajstić information content (AvgIpc) is 2.40. The van der Waals surface area contributed by atoms with Crippen LogP contribution in [0.1, 0.15) is 43.9 Å². The van der Waals surface area contributed by atoms with Crippen LogP contribution in [0.5, 0.6) is 0 Å². The van der Waals surface area contributed by atoms with Gasteiger partial charge in [-0.3, -0.25) is 9.59 Å². The summed E-state index contributed by atoms with van der Waals surface area (Å²) in [5.41, 5.74) is 1.73. The van der Waals surface area contributed by atoms with Crippen LogP contribution in [0.25, 0.3) is 0 Å². The van der Waals surface area contributed by atoms with Gasteiger partial charge in [-0.05, 0) is 44.4 Å². The fraction of sp³-hybridized carbons (Fsp3) is 0.500. The molecule has 0 radical (unpaired) electrons. The van der Waals surface area contributed by atoms with Gasteiger partial charge in [0.05, 0.1) is 12.0 Å². The molecule has 1 aliphatic heterocycles. The van der Waals surface area contributed by atoms with Crippen molar-refractivity contribution in [1.29, 1.82) is 0 Å². The second kappa shape index (κ2) is 6.06. The number of nitrogens with zero attached hydrogens (tertiary/aromatic N) is 1. The molecule has 1 amide bonds. The van der Waals surface area contributed by atoms with Gasteiger partial charge in [-0.1, -0.05) is 23.7 Å². The van der Waals surface area contributed by atoms with E-state index in [9.17, 15) is 14.7 Å². The number of aryl methyl sites for hydroxylation is 1. The largest absolute Gasteiger partial charge is 0.481 e. The van der Waals surface area contributed by atoms with Crippen molar-refractivity contribution in [2.45, 2.75) is 45.7 Å². The molecule has 0 aliphatic carbocycles. The highest BCUT2D eigenvalue weighted by molar-refractivity contribution is 6.31. The smallest absolute Gasteiger partial charge is 0.308 e. The zero-order valence-corrected chi connectivity index (χ0v) is 13.2. The molecule has 0 saturated carbocycles. The van der Waals surface area contributed by atoms with Gasteiger partial charge in [0, 0.05) is 17.5 Å². The quantitative estimate of drug-likeness (QED) is 0.930. The van der Waals surface area contributed by atoms with Crippen LogP contribution in [0.15, 0.2) is 18.2 Å². The van der Waals surface area contributed by atoms with Crippen molar-refractivity contribution in [1.82, 2.24) is 4.90 Å². The number of carboxylic acids is 1. The highest BCUT2D eigenvalue weighted by atomic mass is 35.5. The first-order valence-corrected chi connectivity index (χ1v) is 7.50. The maximum atomic E-state index is 12.2. The van der Waals surface area contributed by atoms with Crippen molar-refractivity contribution in [3.63, 3.8) is 0 Å². The molecule has 1 heterocycles. The van der Waals surface area contributed by atoms with E-state index in [2.05, 4.69) is 0 Å². The van der Waals surface area contributed by atoms with Crippen LogP contribution < -0.4 is 0 Å². The lowest BCUT2D eigenvalue weighted by molar-refractivity contribution is -0.153. The second-order valence-electron chi connectivity index (χ2n) is 5.83. The highest BCUT2D eigenvalue weighted by Crippen LogP contribution is 2.39. The lowest BCUT2D eigenvalue weighted by Gasteiger charge is -2.42. The van der Waals surface area contributed by atoms with E-state index in [-0.39, 0.29) is 18.4 Å². The molecule has 0 aromatic heterocycles. The lowest BCUT2D eigenvalue weighted by atomic mass is 9.83. The number of piperidine rings is 1. The van der Waals surface area contributed by atoms with Gasteiger partial charge >= 0.3 is 5.97 Å². The Balaban J connectivity index is 2.51. The van der Waals surface area contributed by atoms with Gasteiger partial charge in [-0.25, -0.2) is 0 Å². The molecule has 114 valence electrons. The summed E-state index contributed by atoms with van der Waals surface area (Å²) in [4.78, 5) is 25.5. The van der Waals surface area contributed by atoms with E-state index in [1.165, 1.54) is 0 Å². The van der Waals surface area contributed by atoms with Crippen molar-refractivity contribution >= 4 is 23.5 Å². The van der Waals surface area contributed by atoms with Gasteiger partial charge < -0.3 is 10.0 Å². The van der Waals surface area contributed by atoms with E-state index in [0.717, 1.165) is 11.1 Å². The standard InChI is InChI=1S/C16H20ClNO3/c1-9(2)18-14(19)7-6-12(16(20)21)15(18)11-5-4-10(3)13(17)8-11/h4-5,8-9,12,15H,6-7H2,1-3H3,(H,20,21). The molecule has 1 aromatic rings. The summed E-state index contributed by atoms with van der Waals surface area (Å²) in [5.74, 6) is -1.46. The molecular formula is C16H20ClNO3. The summed E-state index contributed by atoms with van der Waals surface area (Å²) in [6.07, 6.45) is 0.652. The Kier molecular flexibility index (Phi) is 4.57. The molecule has 1 N–H and O–H groups in total. The highest BCUT2D eigenvalue weighted by Gasteiger charge is 2.41. The van der Waals surface area contributed by atoms with E-state index in [1.807, 2.05) is 32.9 Å². The maximum Gasteiger partial charge on any atom is 0.308 e. The number of likely N-dealkylation sites (tertiary alicyclic amines) is 1. The van der Waals surface area contributed by atoms with Crippen LogP contribution in [0.3, 0.4) is 0 Å². The van der Waals surface area contributed by atoms with Crippen molar-refractivity contribution < 1.29 is 14.7 Å². The number of carbonyl (C=O) groups is 2. The molecule has 0 bridgehead atoms. The van der Waals surface area contributed by atoms with E-state index in [1.54, 1.807) is 11.0 Å². The predicted molar refractivity (Wildman–Crippen MR) is 81.3 cm³/mol. The molecule has 2 rings (SSSR count). The maximum absolute atomic E-state index is 12.2. The number of carbonyl (C=O) groups excluding carboxylic acids is 1. The SMILES string of the molecule is Cc1ccc(C2C(C(=O)O)CCC(=O)N2C(C)C)cc1Cl. The molecule has 1 aromatic carbocycles. The van der Waals surface area contributed by atoms with Crippen molar-refractivity contribution in [3.8, 4) is 0 Å². The fourth-order valence-corrected chi connectivity index (χ4v) is 3.16. The number of aliphatic carboxylic acids is 1. The van der Waals surface area contributed by atoms with Gasteiger partial charge in [0.1, 0.15) is 0 Å². The second-order valence-corrected chi connectivity index (χ2v) is 6.24. The molecule has 1 saturated heterocycles. The Morgan fingerprint density at radius 3 is 2.62 bits per heavy atom. The Labute approximate surface area is 129 Å². The molecule has 5 heteroatoms. The Hall–Kier alpha value is -1.55. The van der Waals surface area contributed by atoms with Crippen LogP contribution in [-0.2, 0) is 9.59 Å². The Bertz CT molecular complexity index is 571. The summed E-state index contributed by atoms with van der Waals surface area (Å²) in [5, 5.41) is 10.1. The number of amides is 1. The fourth-order valence-electron chi connectivity index (χ4n) is 2.97. The topological polar surface area (TPSA) is 57.6 Å². The van der Waals surface area contributed by atoms with Crippen molar-refractivity contribution in [2.75, 3.05) is 0 Å². The predicted octanol–water partition coefficient (Wildman–Crippen LogP) is 3.42. The molecule has 1 fully saturated rings. The molecule has 2 atom stereocenters. The Morgan fingerprint density at radius 2 is 2.10 bits per heavy atom. The number of hydrogen-bond donors (Lipinski definition) is 1. The summed E-state index contributed by atoms with van der Waals surface area (Å²) in [7, 11) is 0. The molecular weight excluding hydrogens is 290 g/mol. The van der Waals surface area contributed by atoms with Crippen LogP contribution in [0.4, 0.5) is 0 Å². The number of hydrogen-bond acceptors (Lipinski definition) is 2. The van der Waals surface area contributed by atoms with E-state index < -0.39 is 17.9 Å². The van der Waals surface area contributed by atoms with Gasteiger partial charge in [-0.15, -0.1) is 0 Å². The summed E-state index contributed by atoms with van der Waals surface area (Å²) < 4.78 is 0. The molecule has 1 aliphatic rings. The third-order valence-electron chi connectivity index (χ3n) is 4.05. The third-order valence-corrected chi connectivity index (χ3v) is 4.46. The molecule has 2 unspecified atom stereocenters. The minimum atomic E-state index is -0.866. The van der Waals surface area contributed by atoms with Crippen molar-refractivity contribution in [3.05, 3.63) is 34.3 Å². The van der Waals surface area contributed by atoms with Crippen LogP contribution in [0.2, 0.25) is 5.02 Å². The summed E-state index contributed by atoms with van der Waals surface area (Å²) in [6, 6.07) is 5.02. The third kappa shape index (κ3) is 3.05. The monoisotopic (exact) mass is 309 g/mol. The summed E-state index contributed by atoms with van der Waals surface area (Å²) >= 11 is 6.17. The Morgan fingerprint density at radius 1 is 1.43 bits per heavy atom. The first-order valence-electron chi connectivity index (χ1n) is 7.13. The molecule has 21 heavy (non-hydrogen) atoms. The number of rotatable bonds is 3. The molecule has 0 spiro atoms. The van der Waals surface area contributed by atoms with Crippen LogP contribution >= 0.6 is 11.6 Å². The van der Waals surface area contributed by atoms with Crippen LogP contribution in [0, 0.1) is 12.8 Å². The number of carboxylic acid groups (broad SMARTS) is 1. The molecule has 4 nitrogen and oxygen atoms in total. The summed E-state index contributed by atoms with van der Waals surface area (Å²) in [6.45, 7) is 5.71. The first kappa shape index (κ1) is 15.8. The van der Waals surface area contributed by atoms with Gasteiger partial charge in [0.2, 0.25) is 5.91 Å². The van der Waals surface area contributed by atoms with Crippen molar-refractivity contribution in [2.24, 2.45) is 5.92 Å². The van der Waals surface area contributed by atoms with Gasteiger partial charge in [-0.2, -0.15) is 0 Å².